The molecule has 0 saturated heterocycles. The van der Waals surface area contributed by atoms with Crippen LogP contribution in [0.5, 0.6) is 11.5 Å². The zero-order valence-electron chi connectivity index (χ0n) is 27.9. The van der Waals surface area contributed by atoms with Crippen LogP contribution in [0.2, 0.25) is 0 Å². The molecular weight excluding hydrogens is 818 g/mol. The maximum atomic E-state index is 6.48. The summed E-state index contributed by atoms with van der Waals surface area (Å²) in [5.41, 5.74) is 9.95. The van der Waals surface area contributed by atoms with Gasteiger partial charge in [0, 0.05) is 45.6 Å². The molecule has 0 aliphatic rings. The SMILES string of the molecule is Cc1ccccc1-c1ccc2c(c1)c1cccc3c4c(-c5[c-]c(Oc6[c-]c7c(cc6)c6ccccc6c6cccnc76)ccc5)nccc4n2c13.[Pt+2]. The Kier molecular flexibility index (Phi) is 6.93. The molecule has 4 heterocycles. The maximum Gasteiger partial charge on any atom is 2.00 e. The standard InChI is InChI=1S/C47H27N3O.Pt/c1-28-9-2-3-12-33(28)29-18-21-42-40(26-29)38-15-7-16-39-44-43(50(42)47(38)39)22-24-49-45(44)30-10-6-11-31(25-30)51-32-19-20-36-34-13-4-5-14-35(34)37-17-8-23-48-46(37)41(36)27-32;/h2-24,26H,1H3;/q-2;+2. The van der Waals surface area contributed by atoms with Crippen LogP contribution in [0, 0.1) is 19.1 Å². The van der Waals surface area contributed by atoms with Crippen LogP contribution >= 0.6 is 0 Å². The summed E-state index contributed by atoms with van der Waals surface area (Å²) in [6.45, 7) is 2.17. The molecule has 0 aliphatic heterocycles. The maximum absolute atomic E-state index is 6.48. The van der Waals surface area contributed by atoms with Gasteiger partial charge in [-0.15, -0.1) is 35.2 Å². The number of hydrogen-bond donors (Lipinski definition) is 0. The molecule has 0 unspecified atom stereocenters. The minimum atomic E-state index is 0. The first-order valence-electron chi connectivity index (χ1n) is 17.2. The molecule has 0 amide bonds. The van der Waals surface area contributed by atoms with Gasteiger partial charge in [0.1, 0.15) is 0 Å². The molecule has 0 bridgehead atoms. The van der Waals surface area contributed by atoms with Crippen molar-refractivity contribution in [2.75, 3.05) is 0 Å². The Morgan fingerprint density at radius 1 is 0.558 bits per heavy atom. The second kappa shape index (κ2) is 11.7. The number of hydrogen-bond acceptors (Lipinski definition) is 3. The molecule has 4 nitrogen and oxygen atoms in total. The predicted octanol–water partition coefficient (Wildman–Crippen LogP) is 12.1. The van der Waals surface area contributed by atoms with Gasteiger partial charge >= 0.3 is 21.1 Å². The number of ether oxygens (including phenoxy) is 1. The fourth-order valence-electron chi connectivity index (χ4n) is 8.18. The van der Waals surface area contributed by atoms with Crippen molar-refractivity contribution in [1.82, 2.24) is 14.4 Å². The van der Waals surface area contributed by atoms with Gasteiger partial charge in [-0.1, -0.05) is 108 Å². The summed E-state index contributed by atoms with van der Waals surface area (Å²) >= 11 is 0. The van der Waals surface area contributed by atoms with Crippen LogP contribution < -0.4 is 4.74 Å². The zero-order chi connectivity index (χ0) is 33.6. The van der Waals surface area contributed by atoms with Gasteiger partial charge in [-0.3, -0.25) is 0 Å². The molecule has 11 aromatic rings. The molecule has 0 saturated carbocycles. The van der Waals surface area contributed by atoms with E-state index in [9.17, 15) is 0 Å². The largest absolute Gasteiger partial charge is 2.00 e. The number of para-hydroxylation sites is 1. The molecule has 5 heteroatoms. The van der Waals surface area contributed by atoms with Crippen LogP contribution in [-0.4, -0.2) is 14.4 Å². The Morgan fingerprint density at radius 2 is 1.33 bits per heavy atom. The van der Waals surface area contributed by atoms with E-state index in [-0.39, 0.29) is 21.1 Å². The summed E-state index contributed by atoms with van der Waals surface area (Å²) in [4.78, 5) is 9.71. The van der Waals surface area contributed by atoms with Gasteiger partial charge in [-0.25, -0.2) is 0 Å². The minimum Gasteiger partial charge on any atom is -0.497 e. The molecule has 52 heavy (non-hydrogen) atoms. The van der Waals surface area contributed by atoms with E-state index in [0.717, 1.165) is 43.8 Å². The quantitative estimate of drug-likeness (QED) is 0.131. The third-order valence-corrected chi connectivity index (χ3v) is 10.4. The molecule has 0 atom stereocenters. The first-order valence-corrected chi connectivity index (χ1v) is 17.2. The van der Waals surface area contributed by atoms with Crippen LogP contribution in [0.1, 0.15) is 5.56 Å². The van der Waals surface area contributed by atoms with E-state index < -0.39 is 0 Å². The van der Waals surface area contributed by atoms with Crippen LogP contribution in [0.15, 0.2) is 146 Å². The van der Waals surface area contributed by atoms with Crippen molar-refractivity contribution < 1.29 is 25.8 Å². The summed E-state index contributed by atoms with van der Waals surface area (Å²) in [5.74, 6) is 1.21. The average molecular weight is 845 g/mol. The molecule has 0 fully saturated rings. The summed E-state index contributed by atoms with van der Waals surface area (Å²) in [6.07, 6.45) is 3.74. The number of aryl methyl sites for hydroxylation is 1. The Balaban J connectivity index is 0.00000338. The van der Waals surface area contributed by atoms with E-state index in [0.29, 0.717) is 11.5 Å². The number of fused-ring (bicyclic) bond motifs is 12. The minimum absolute atomic E-state index is 0. The monoisotopic (exact) mass is 844 g/mol. The van der Waals surface area contributed by atoms with Crippen molar-refractivity contribution in [3.8, 4) is 33.9 Å². The van der Waals surface area contributed by atoms with Crippen LogP contribution in [0.25, 0.3) is 92.9 Å². The van der Waals surface area contributed by atoms with Crippen molar-refractivity contribution in [3.63, 3.8) is 0 Å². The number of rotatable bonds is 4. The Bertz CT molecular complexity index is 3160. The molecule has 11 rings (SSSR count). The predicted molar refractivity (Wildman–Crippen MR) is 209 cm³/mol. The van der Waals surface area contributed by atoms with Crippen molar-refractivity contribution >= 4 is 70.5 Å². The van der Waals surface area contributed by atoms with Gasteiger partial charge in [-0.2, -0.15) is 0 Å². The zero-order valence-corrected chi connectivity index (χ0v) is 30.2. The topological polar surface area (TPSA) is 39.4 Å². The fraction of sp³-hybridized carbons (Fsp3) is 0.0213. The van der Waals surface area contributed by atoms with E-state index in [1.54, 1.807) is 0 Å². The number of nitrogens with zero attached hydrogens (tertiary/aromatic N) is 3. The first-order chi connectivity index (χ1) is 25.2. The molecule has 0 radical (unpaired) electrons. The Labute approximate surface area is 313 Å². The second-order valence-electron chi connectivity index (χ2n) is 13.2. The van der Waals surface area contributed by atoms with Gasteiger partial charge in [0.25, 0.3) is 0 Å². The van der Waals surface area contributed by atoms with Crippen LogP contribution in [0.3, 0.4) is 0 Å². The first kappa shape index (κ1) is 30.7. The van der Waals surface area contributed by atoms with Gasteiger partial charge in [0.2, 0.25) is 0 Å². The summed E-state index contributed by atoms with van der Waals surface area (Å²) < 4.78 is 8.87. The van der Waals surface area contributed by atoms with Gasteiger partial charge < -0.3 is 19.1 Å². The number of pyridine rings is 2. The fourth-order valence-corrected chi connectivity index (χ4v) is 8.18. The van der Waals surface area contributed by atoms with Crippen molar-refractivity contribution in [2.45, 2.75) is 6.92 Å². The molecule has 246 valence electrons. The van der Waals surface area contributed by atoms with Crippen LogP contribution in [0.4, 0.5) is 0 Å². The van der Waals surface area contributed by atoms with E-state index in [2.05, 4.69) is 133 Å². The van der Waals surface area contributed by atoms with Crippen LogP contribution in [-0.2, 0) is 21.1 Å². The average Bonchev–Trinajstić information content (AvgIpc) is 3.70. The smallest absolute Gasteiger partial charge is 0.497 e. The summed E-state index contributed by atoms with van der Waals surface area (Å²) in [5, 5.41) is 10.3. The van der Waals surface area contributed by atoms with Crippen molar-refractivity contribution in [2.24, 2.45) is 0 Å². The van der Waals surface area contributed by atoms with Gasteiger partial charge in [-0.05, 0) is 75.2 Å². The van der Waals surface area contributed by atoms with Crippen molar-refractivity contribution in [1.29, 1.82) is 0 Å². The summed E-state index contributed by atoms with van der Waals surface area (Å²) in [7, 11) is 0. The third-order valence-electron chi connectivity index (χ3n) is 10.4. The molecule has 7 aromatic carbocycles. The van der Waals surface area contributed by atoms with Gasteiger partial charge in [0.05, 0.1) is 11.0 Å². The van der Waals surface area contributed by atoms with E-state index in [1.807, 2.05) is 36.7 Å². The summed E-state index contributed by atoms with van der Waals surface area (Å²) in [6, 6.07) is 53.9. The Hall–Kier alpha value is -6.09. The third kappa shape index (κ3) is 4.44. The number of benzene rings is 7. The Morgan fingerprint density at radius 3 is 2.23 bits per heavy atom. The molecule has 0 spiro atoms. The van der Waals surface area contributed by atoms with E-state index in [1.165, 1.54) is 54.7 Å². The van der Waals surface area contributed by atoms with Crippen molar-refractivity contribution in [3.05, 3.63) is 164 Å². The van der Waals surface area contributed by atoms with E-state index in [4.69, 9.17) is 14.7 Å². The normalized spacial score (nSPS) is 11.8. The molecule has 0 aliphatic carbocycles. The molecule has 0 N–H and O–H groups in total. The number of aromatic nitrogens is 3. The molecule has 4 aromatic heterocycles. The molecular formula is C47H27N3OPt. The second-order valence-corrected chi connectivity index (χ2v) is 13.2. The van der Waals surface area contributed by atoms with E-state index >= 15 is 0 Å². The van der Waals surface area contributed by atoms with Gasteiger partial charge in [0.15, 0.2) is 0 Å².